The molecule has 5 rings (SSSR count). The maximum absolute atomic E-state index is 11.9. The fraction of sp³-hybridized carbons (Fsp3) is 0.360. The minimum absolute atomic E-state index is 0.000358. The van der Waals surface area contributed by atoms with Crippen LogP contribution in [0, 0.1) is 6.92 Å². The average Bonchev–Trinajstić information content (AvgIpc) is 3.07. The molecule has 0 fully saturated rings. The van der Waals surface area contributed by atoms with Crippen LogP contribution in [0.15, 0.2) is 41.6 Å². The van der Waals surface area contributed by atoms with E-state index in [0.29, 0.717) is 24.0 Å². The van der Waals surface area contributed by atoms with Crippen LogP contribution in [0.25, 0.3) is 0 Å². The lowest BCUT2D eigenvalue weighted by Gasteiger charge is -2.25. The number of fused-ring (bicyclic) bond motifs is 7. The summed E-state index contributed by atoms with van der Waals surface area (Å²) in [6.45, 7) is 6.79. The number of anilines is 2. The second-order valence-corrected chi connectivity index (χ2v) is 11.5. The molecule has 2 aliphatic heterocycles. The zero-order valence-electron chi connectivity index (χ0n) is 19.5. The van der Waals surface area contributed by atoms with Gasteiger partial charge >= 0.3 is 5.97 Å². The van der Waals surface area contributed by atoms with Gasteiger partial charge in [0.05, 0.1) is 33.6 Å². The number of nitrogens with zero attached hydrogens (tertiary/aromatic N) is 2. The number of ether oxygens (including phenoxy) is 1. The SMILES string of the molecule is CCNc1ccc2c(C)c1NC[C@@H]1CN(Cc3cc(sc3Cl)C2CC(=O)O)Sc2cnccc2O1. The highest BCUT2D eigenvalue weighted by Gasteiger charge is 2.29. The van der Waals surface area contributed by atoms with Crippen LogP contribution in [0.3, 0.4) is 0 Å². The minimum atomic E-state index is -0.834. The number of aromatic nitrogens is 1. The number of benzene rings is 1. The number of hydrogen-bond donors (Lipinski definition) is 3. The third-order valence-electron chi connectivity index (χ3n) is 6.28. The molecule has 184 valence electrons. The number of carboxylic acid groups (broad SMARTS) is 1. The van der Waals surface area contributed by atoms with E-state index < -0.39 is 5.97 Å². The van der Waals surface area contributed by atoms with Crippen molar-refractivity contribution in [2.75, 3.05) is 30.3 Å². The summed E-state index contributed by atoms with van der Waals surface area (Å²) < 4.78 is 9.36. The zero-order valence-corrected chi connectivity index (χ0v) is 21.9. The lowest BCUT2D eigenvalue weighted by Crippen LogP contribution is -2.35. The number of carboxylic acids is 1. The number of thiophene rings is 1. The first-order valence-electron chi connectivity index (χ1n) is 11.6. The van der Waals surface area contributed by atoms with Gasteiger partial charge in [0.25, 0.3) is 0 Å². The number of halogens is 1. The number of aliphatic carboxylic acids is 1. The highest BCUT2D eigenvalue weighted by molar-refractivity contribution is 7.97. The number of pyridine rings is 1. The van der Waals surface area contributed by atoms with Crippen molar-refractivity contribution in [2.24, 2.45) is 0 Å². The Morgan fingerprint density at radius 2 is 2.26 bits per heavy atom. The van der Waals surface area contributed by atoms with Gasteiger partial charge in [-0.25, -0.2) is 4.31 Å². The maximum Gasteiger partial charge on any atom is 0.304 e. The predicted octanol–water partition coefficient (Wildman–Crippen LogP) is 5.84. The number of hydrogen-bond acceptors (Lipinski definition) is 8. The Balaban J connectivity index is 1.64. The van der Waals surface area contributed by atoms with Crippen molar-refractivity contribution in [3.8, 4) is 5.75 Å². The second-order valence-electron chi connectivity index (χ2n) is 8.69. The van der Waals surface area contributed by atoms with E-state index in [2.05, 4.69) is 39.8 Å². The Labute approximate surface area is 218 Å². The van der Waals surface area contributed by atoms with Crippen molar-refractivity contribution < 1.29 is 14.6 Å². The third-order valence-corrected chi connectivity index (χ3v) is 8.87. The molecule has 0 saturated carbocycles. The van der Waals surface area contributed by atoms with Crippen molar-refractivity contribution >= 4 is 52.2 Å². The fourth-order valence-electron chi connectivity index (χ4n) is 4.68. The molecule has 3 aromatic rings. The lowest BCUT2D eigenvalue weighted by atomic mass is 9.89. The molecule has 35 heavy (non-hydrogen) atoms. The quantitative estimate of drug-likeness (QED) is 0.363. The summed E-state index contributed by atoms with van der Waals surface area (Å²) in [6.07, 6.45) is 3.46. The molecular formula is C25H27ClN4O3S2. The molecule has 10 heteroatoms. The van der Waals surface area contributed by atoms with E-state index in [-0.39, 0.29) is 18.4 Å². The Morgan fingerprint density at radius 1 is 1.40 bits per heavy atom. The molecule has 1 aromatic carbocycles. The van der Waals surface area contributed by atoms with Gasteiger partial charge in [-0.05, 0) is 60.7 Å². The van der Waals surface area contributed by atoms with E-state index in [1.807, 2.05) is 24.4 Å². The van der Waals surface area contributed by atoms with Crippen molar-refractivity contribution in [1.29, 1.82) is 0 Å². The summed E-state index contributed by atoms with van der Waals surface area (Å²) in [7, 11) is 0. The molecular weight excluding hydrogens is 504 g/mol. The largest absolute Gasteiger partial charge is 0.486 e. The zero-order chi connectivity index (χ0) is 24.5. The molecule has 6 bridgehead atoms. The summed E-state index contributed by atoms with van der Waals surface area (Å²) in [5.74, 6) is -0.298. The molecule has 2 unspecified atom stereocenters. The molecule has 0 amide bonds. The first-order valence-corrected chi connectivity index (χ1v) is 13.5. The molecule has 0 spiro atoms. The van der Waals surface area contributed by atoms with E-state index in [0.717, 1.165) is 50.1 Å². The van der Waals surface area contributed by atoms with Crippen LogP contribution in [0.5, 0.6) is 5.75 Å². The Kier molecular flexibility index (Phi) is 7.11. The van der Waals surface area contributed by atoms with Crippen molar-refractivity contribution in [2.45, 2.75) is 43.7 Å². The van der Waals surface area contributed by atoms with Crippen LogP contribution in [0.2, 0.25) is 4.34 Å². The summed E-state index contributed by atoms with van der Waals surface area (Å²) in [6, 6.07) is 8.07. The first-order chi connectivity index (χ1) is 16.9. The molecule has 3 atom stereocenters. The molecule has 0 saturated heterocycles. The standard InChI is InChI=1S/C25H27ClN4O3S2/c1-3-28-19-5-4-17-14(2)24(19)29-10-16-13-30(35-22-11-27-7-6-20(22)33-16)12-15-8-21(34-25(15)26)18(17)9-23(31)32/h4-8,11,16,18,28-29H,3,9-10,12-13H2,1-2H3,(H,31,32)/t16-,18?/m1/s1. The molecule has 2 aromatic heterocycles. The van der Waals surface area contributed by atoms with Gasteiger partial charge in [0, 0.05) is 42.8 Å². The van der Waals surface area contributed by atoms with E-state index in [9.17, 15) is 9.90 Å². The Bertz CT molecular complexity index is 1250. The van der Waals surface area contributed by atoms with Crippen molar-refractivity contribution in [3.63, 3.8) is 0 Å². The lowest BCUT2D eigenvalue weighted by molar-refractivity contribution is -0.137. The second kappa shape index (κ2) is 10.3. The monoisotopic (exact) mass is 530 g/mol. The Morgan fingerprint density at radius 3 is 3.06 bits per heavy atom. The van der Waals surface area contributed by atoms with E-state index in [1.54, 1.807) is 18.1 Å². The van der Waals surface area contributed by atoms with Crippen molar-refractivity contribution in [3.05, 3.63) is 62.6 Å². The number of carbonyl (C=O) groups is 1. The van der Waals surface area contributed by atoms with Crippen LogP contribution in [0.1, 0.15) is 40.8 Å². The van der Waals surface area contributed by atoms with E-state index in [4.69, 9.17) is 16.3 Å². The Hall–Kier alpha value is -2.46. The van der Waals surface area contributed by atoms with Crippen LogP contribution in [0.4, 0.5) is 11.4 Å². The van der Waals surface area contributed by atoms with Gasteiger partial charge in [0.2, 0.25) is 0 Å². The molecule has 0 radical (unpaired) electrons. The summed E-state index contributed by atoms with van der Waals surface area (Å²) in [5.41, 5.74) is 4.99. The predicted molar refractivity (Wildman–Crippen MR) is 142 cm³/mol. The average molecular weight is 531 g/mol. The topological polar surface area (TPSA) is 86.7 Å². The van der Waals surface area contributed by atoms with Gasteiger partial charge in [0.15, 0.2) is 0 Å². The van der Waals surface area contributed by atoms with Crippen LogP contribution < -0.4 is 15.4 Å². The minimum Gasteiger partial charge on any atom is -0.486 e. The van der Waals surface area contributed by atoms with Gasteiger partial charge in [-0.15, -0.1) is 11.3 Å². The maximum atomic E-state index is 11.9. The summed E-state index contributed by atoms with van der Waals surface area (Å²) in [4.78, 5) is 18.1. The van der Waals surface area contributed by atoms with Gasteiger partial charge in [0.1, 0.15) is 11.9 Å². The van der Waals surface area contributed by atoms with Crippen LogP contribution in [-0.2, 0) is 11.3 Å². The summed E-state index contributed by atoms with van der Waals surface area (Å²) in [5, 5.41) is 16.8. The fourth-order valence-corrected chi connectivity index (χ4v) is 7.11. The van der Waals surface area contributed by atoms with E-state index in [1.165, 1.54) is 11.3 Å². The van der Waals surface area contributed by atoms with Gasteiger partial charge < -0.3 is 20.5 Å². The molecule has 2 aliphatic rings. The first kappa shape index (κ1) is 24.2. The normalized spacial score (nSPS) is 21.2. The van der Waals surface area contributed by atoms with Crippen LogP contribution in [-0.4, -0.2) is 46.1 Å². The summed E-state index contributed by atoms with van der Waals surface area (Å²) >= 11 is 9.82. The van der Waals surface area contributed by atoms with Gasteiger partial charge in [-0.3, -0.25) is 9.78 Å². The smallest absolute Gasteiger partial charge is 0.304 e. The van der Waals surface area contributed by atoms with Crippen molar-refractivity contribution in [1.82, 2.24) is 9.29 Å². The molecule has 0 aliphatic carbocycles. The van der Waals surface area contributed by atoms with E-state index >= 15 is 0 Å². The number of nitrogens with one attached hydrogen (secondary N) is 2. The molecule has 3 N–H and O–H groups in total. The number of rotatable bonds is 4. The molecule has 4 heterocycles. The highest BCUT2D eigenvalue weighted by Crippen LogP contribution is 2.44. The van der Waals surface area contributed by atoms with Gasteiger partial charge in [-0.2, -0.15) is 0 Å². The van der Waals surface area contributed by atoms with Crippen LogP contribution >= 0.6 is 34.9 Å². The van der Waals surface area contributed by atoms with Gasteiger partial charge in [-0.1, -0.05) is 17.7 Å². The molecule has 7 nitrogen and oxygen atoms in total. The third kappa shape index (κ3) is 5.09. The highest BCUT2D eigenvalue weighted by atomic mass is 35.5.